The number of hydrogen-bond donors (Lipinski definition) is 0. The molecule has 4 aromatic rings. The quantitative estimate of drug-likeness (QED) is 0.156. The summed E-state index contributed by atoms with van der Waals surface area (Å²) < 4.78 is 0. The Balaban J connectivity index is 1.48. The molecule has 1 aliphatic carbocycles. The average Bonchev–Trinajstić information content (AvgIpc) is 3.27. The van der Waals surface area contributed by atoms with Gasteiger partial charge in [0.2, 0.25) is 0 Å². The second-order valence-corrected chi connectivity index (χ2v) is 12.0. The van der Waals surface area contributed by atoms with Crippen LogP contribution in [0.15, 0.2) is 91.0 Å². The van der Waals surface area contributed by atoms with Crippen LogP contribution in [0.4, 0.5) is 11.4 Å². The second kappa shape index (κ2) is 12.9. The van der Waals surface area contributed by atoms with Crippen LogP contribution in [0.5, 0.6) is 0 Å². The molecular formula is C39H47N. The van der Waals surface area contributed by atoms with Crippen molar-refractivity contribution in [2.75, 3.05) is 11.9 Å². The molecule has 0 spiro atoms. The van der Waals surface area contributed by atoms with E-state index in [1.165, 1.54) is 103 Å². The standard InChI is InChI=1S/C39H47N/c1-5-7-9-13-27-39(28-14-10-8-6-2)37-16-12-11-15-35(37)36-26-25-34(29-38(36)39)40(4)33-23-21-32(22-24-33)31-19-17-30(3)18-20-31/h11-12,15-26,29H,5-10,13-14,27-28H2,1-4H3. The number of aryl methyl sites for hydroxylation is 1. The summed E-state index contributed by atoms with van der Waals surface area (Å²) in [7, 11) is 2.22. The van der Waals surface area contributed by atoms with Gasteiger partial charge in [-0.3, -0.25) is 0 Å². The van der Waals surface area contributed by atoms with Crippen molar-refractivity contribution in [2.45, 2.75) is 90.4 Å². The molecule has 0 radical (unpaired) electrons. The zero-order valence-corrected chi connectivity index (χ0v) is 25.2. The minimum atomic E-state index is 0.125. The molecule has 0 amide bonds. The first kappa shape index (κ1) is 28.2. The lowest BCUT2D eigenvalue weighted by Crippen LogP contribution is -2.26. The molecule has 0 bridgehead atoms. The highest BCUT2D eigenvalue weighted by Gasteiger charge is 2.42. The lowest BCUT2D eigenvalue weighted by atomic mass is 9.70. The molecule has 208 valence electrons. The van der Waals surface area contributed by atoms with Crippen molar-refractivity contribution in [3.8, 4) is 22.3 Å². The Bertz CT molecular complexity index is 1370. The Kier molecular flexibility index (Phi) is 9.10. The van der Waals surface area contributed by atoms with Crippen LogP contribution >= 0.6 is 0 Å². The van der Waals surface area contributed by atoms with Gasteiger partial charge in [-0.1, -0.05) is 138 Å². The molecule has 0 fully saturated rings. The second-order valence-electron chi connectivity index (χ2n) is 12.0. The number of benzene rings is 4. The molecule has 1 heteroatoms. The zero-order valence-electron chi connectivity index (χ0n) is 25.2. The normalized spacial score (nSPS) is 13.2. The van der Waals surface area contributed by atoms with E-state index in [1.807, 2.05) is 0 Å². The van der Waals surface area contributed by atoms with Gasteiger partial charge in [0.05, 0.1) is 0 Å². The summed E-state index contributed by atoms with van der Waals surface area (Å²) in [4.78, 5) is 2.36. The average molecular weight is 530 g/mol. The fraction of sp³-hybridized carbons (Fsp3) is 0.385. The zero-order chi connectivity index (χ0) is 28.0. The first-order chi connectivity index (χ1) is 19.6. The molecule has 0 heterocycles. The van der Waals surface area contributed by atoms with E-state index in [1.54, 1.807) is 11.1 Å². The molecule has 40 heavy (non-hydrogen) atoms. The maximum atomic E-state index is 2.53. The first-order valence-corrected chi connectivity index (χ1v) is 15.7. The fourth-order valence-corrected chi connectivity index (χ4v) is 6.80. The molecule has 0 saturated heterocycles. The van der Waals surface area contributed by atoms with Gasteiger partial charge in [-0.25, -0.2) is 0 Å². The SMILES string of the molecule is CCCCCCC1(CCCCCC)c2ccccc2-c2ccc(N(C)c3ccc(-c4ccc(C)cc4)cc3)cc21. The summed E-state index contributed by atoms with van der Waals surface area (Å²) in [5.41, 5.74) is 12.5. The molecule has 0 saturated carbocycles. The monoisotopic (exact) mass is 529 g/mol. The van der Waals surface area contributed by atoms with Gasteiger partial charge in [-0.15, -0.1) is 0 Å². The number of anilines is 2. The predicted octanol–water partition coefficient (Wildman–Crippen LogP) is 11.6. The molecule has 1 aliphatic rings. The highest BCUT2D eigenvalue weighted by Crippen LogP contribution is 2.55. The lowest BCUT2D eigenvalue weighted by molar-refractivity contribution is 0.401. The van der Waals surface area contributed by atoms with E-state index >= 15 is 0 Å². The maximum Gasteiger partial charge on any atom is 0.0411 e. The largest absolute Gasteiger partial charge is 0.345 e. The molecular weight excluding hydrogens is 482 g/mol. The number of rotatable bonds is 13. The minimum Gasteiger partial charge on any atom is -0.345 e. The molecule has 5 rings (SSSR count). The molecule has 0 aliphatic heterocycles. The summed E-state index contributed by atoms with van der Waals surface area (Å²) in [6.45, 7) is 6.77. The number of nitrogens with zero attached hydrogens (tertiary/aromatic N) is 1. The molecule has 0 unspecified atom stereocenters. The van der Waals surface area contributed by atoms with Gasteiger partial charge < -0.3 is 4.90 Å². The molecule has 0 N–H and O–H groups in total. The van der Waals surface area contributed by atoms with Crippen molar-refractivity contribution in [3.63, 3.8) is 0 Å². The van der Waals surface area contributed by atoms with Crippen LogP contribution in [-0.2, 0) is 5.41 Å². The van der Waals surface area contributed by atoms with Crippen LogP contribution in [0.1, 0.15) is 94.7 Å². The lowest BCUT2D eigenvalue weighted by Gasteiger charge is -2.33. The summed E-state index contributed by atoms with van der Waals surface area (Å²) >= 11 is 0. The van der Waals surface area contributed by atoms with Gasteiger partial charge in [-0.05, 0) is 77.4 Å². The third kappa shape index (κ3) is 5.75. The van der Waals surface area contributed by atoms with Crippen molar-refractivity contribution in [2.24, 2.45) is 0 Å². The van der Waals surface area contributed by atoms with E-state index in [9.17, 15) is 0 Å². The van der Waals surface area contributed by atoms with Crippen LogP contribution in [0.25, 0.3) is 22.3 Å². The molecule has 4 aromatic carbocycles. The van der Waals surface area contributed by atoms with Crippen LogP contribution in [0, 0.1) is 6.92 Å². The van der Waals surface area contributed by atoms with Crippen LogP contribution in [-0.4, -0.2) is 7.05 Å². The van der Waals surface area contributed by atoms with Gasteiger partial charge in [0.1, 0.15) is 0 Å². The van der Waals surface area contributed by atoms with Crippen molar-refractivity contribution in [1.82, 2.24) is 0 Å². The van der Waals surface area contributed by atoms with Gasteiger partial charge in [0.15, 0.2) is 0 Å². The molecule has 1 nitrogen and oxygen atoms in total. The minimum absolute atomic E-state index is 0.125. The van der Waals surface area contributed by atoms with E-state index in [0.717, 1.165) is 0 Å². The topological polar surface area (TPSA) is 3.24 Å². The fourth-order valence-electron chi connectivity index (χ4n) is 6.80. The van der Waals surface area contributed by atoms with Crippen LogP contribution in [0.3, 0.4) is 0 Å². The maximum absolute atomic E-state index is 2.53. The molecule has 0 atom stereocenters. The Morgan fingerprint density at radius 3 is 1.73 bits per heavy atom. The predicted molar refractivity (Wildman–Crippen MR) is 175 cm³/mol. The third-order valence-corrected chi connectivity index (χ3v) is 9.19. The smallest absolute Gasteiger partial charge is 0.0411 e. The summed E-state index contributed by atoms with van der Waals surface area (Å²) in [6.07, 6.45) is 13.0. The summed E-state index contributed by atoms with van der Waals surface area (Å²) in [6, 6.07) is 34.4. The Morgan fingerprint density at radius 2 is 1.10 bits per heavy atom. The van der Waals surface area contributed by atoms with Gasteiger partial charge in [0, 0.05) is 23.8 Å². The highest BCUT2D eigenvalue weighted by molar-refractivity contribution is 5.83. The van der Waals surface area contributed by atoms with Crippen LogP contribution in [0.2, 0.25) is 0 Å². The van der Waals surface area contributed by atoms with Gasteiger partial charge >= 0.3 is 0 Å². The summed E-state index contributed by atoms with van der Waals surface area (Å²) in [5.74, 6) is 0. The van der Waals surface area contributed by atoms with E-state index in [2.05, 4.69) is 124 Å². The number of hydrogen-bond acceptors (Lipinski definition) is 1. The number of fused-ring (bicyclic) bond motifs is 3. The van der Waals surface area contributed by atoms with Crippen molar-refractivity contribution in [1.29, 1.82) is 0 Å². The van der Waals surface area contributed by atoms with Crippen molar-refractivity contribution >= 4 is 11.4 Å². The first-order valence-electron chi connectivity index (χ1n) is 15.7. The van der Waals surface area contributed by atoms with Gasteiger partial charge in [0.25, 0.3) is 0 Å². The van der Waals surface area contributed by atoms with E-state index in [-0.39, 0.29) is 5.41 Å². The summed E-state index contributed by atoms with van der Waals surface area (Å²) in [5, 5.41) is 0. The molecule has 0 aromatic heterocycles. The van der Waals surface area contributed by atoms with Crippen molar-refractivity contribution in [3.05, 3.63) is 108 Å². The van der Waals surface area contributed by atoms with Crippen molar-refractivity contribution < 1.29 is 0 Å². The van der Waals surface area contributed by atoms with Gasteiger partial charge in [-0.2, -0.15) is 0 Å². The third-order valence-electron chi connectivity index (χ3n) is 9.19. The van der Waals surface area contributed by atoms with E-state index < -0.39 is 0 Å². The Morgan fingerprint density at radius 1 is 0.550 bits per heavy atom. The Labute approximate surface area is 243 Å². The van der Waals surface area contributed by atoms with E-state index in [4.69, 9.17) is 0 Å². The van der Waals surface area contributed by atoms with Crippen LogP contribution < -0.4 is 4.90 Å². The highest BCUT2D eigenvalue weighted by atomic mass is 15.1. The Hall–Kier alpha value is -3.32. The van der Waals surface area contributed by atoms with E-state index in [0.29, 0.717) is 0 Å². The number of unbranched alkanes of at least 4 members (excludes halogenated alkanes) is 6.